The van der Waals surface area contributed by atoms with E-state index in [4.69, 9.17) is 11.6 Å². The number of thiophene rings is 1. The fourth-order valence-electron chi connectivity index (χ4n) is 2.97. The van der Waals surface area contributed by atoms with Crippen LogP contribution in [0.4, 0.5) is 11.6 Å². The molecule has 0 radical (unpaired) electrons. The molecule has 2 atom stereocenters. The van der Waals surface area contributed by atoms with E-state index >= 15 is 0 Å². The van der Waals surface area contributed by atoms with Gasteiger partial charge in [-0.2, -0.15) is 10.1 Å². The largest absolute Gasteiger partial charge is 0.324 e. The zero-order chi connectivity index (χ0) is 17.4. The summed E-state index contributed by atoms with van der Waals surface area (Å²) < 4.78 is 1.70. The second-order valence-corrected chi connectivity index (χ2v) is 7.05. The molecule has 1 N–H and O–H groups in total. The van der Waals surface area contributed by atoms with Crippen LogP contribution >= 0.6 is 22.9 Å². The Balaban J connectivity index is 1.74. The van der Waals surface area contributed by atoms with Crippen LogP contribution in [0.25, 0.3) is 0 Å². The van der Waals surface area contributed by atoms with Crippen molar-refractivity contribution in [1.29, 1.82) is 0 Å². The highest BCUT2D eigenvalue weighted by atomic mass is 35.5. The predicted octanol–water partition coefficient (Wildman–Crippen LogP) is 3.94. The summed E-state index contributed by atoms with van der Waals surface area (Å²) >= 11 is 7.75. The first-order valence-corrected chi connectivity index (χ1v) is 8.94. The van der Waals surface area contributed by atoms with E-state index in [1.807, 2.05) is 36.6 Å². The van der Waals surface area contributed by atoms with E-state index in [2.05, 4.69) is 20.4 Å². The molecule has 0 saturated heterocycles. The highest BCUT2D eigenvalue weighted by Gasteiger charge is 2.39. The molecule has 1 amide bonds. The van der Waals surface area contributed by atoms with E-state index in [-0.39, 0.29) is 11.9 Å². The Morgan fingerprint density at radius 3 is 2.88 bits per heavy atom. The van der Waals surface area contributed by atoms with Crippen molar-refractivity contribution in [3.05, 3.63) is 58.0 Å². The van der Waals surface area contributed by atoms with Gasteiger partial charge in [0.05, 0.1) is 10.7 Å². The van der Waals surface area contributed by atoms with Crippen molar-refractivity contribution in [2.24, 2.45) is 10.9 Å². The van der Waals surface area contributed by atoms with Crippen molar-refractivity contribution in [2.45, 2.75) is 13.0 Å². The van der Waals surface area contributed by atoms with E-state index < -0.39 is 5.92 Å². The van der Waals surface area contributed by atoms with Crippen LogP contribution in [0.5, 0.6) is 0 Å². The van der Waals surface area contributed by atoms with E-state index in [9.17, 15) is 4.79 Å². The van der Waals surface area contributed by atoms with E-state index in [0.29, 0.717) is 22.4 Å². The van der Waals surface area contributed by atoms with Gasteiger partial charge in [0.2, 0.25) is 11.9 Å². The zero-order valence-corrected chi connectivity index (χ0v) is 14.8. The molecular weight excluding hydrogens is 358 g/mol. The number of rotatable bonds is 3. The fourth-order valence-corrected chi connectivity index (χ4v) is 4.00. The number of fused-ring (bicyclic) bond motifs is 1. The van der Waals surface area contributed by atoms with Crippen molar-refractivity contribution in [1.82, 2.24) is 14.8 Å². The maximum Gasteiger partial charge on any atom is 0.248 e. The zero-order valence-electron chi connectivity index (χ0n) is 13.3. The number of amides is 1. The van der Waals surface area contributed by atoms with Gasteiger partial charge < -0.3 is 5.32 Å². The average molecular weight is 372 g/mol. The molecule has 4 rings (SSSR count). The number of carbonyl (C=O) groups is 1. The topological polar surface area (TPSA) is 72.2 Å². The molecule has 1 aromatic carbocycles. The van der Waals surface area contributed by atoms with Gasteiger partial charge in [-0.15, -0.1) is 11.3 Å². The van der Waals surface area contributed by atoms with Gasteiger partial charge in [-0.3, -0.25) is 4.79 Å². The number of hydrogen-bond donors (Lipinski definition) is 1. The number of nitrogens with zero attached hydrogens (tertiary/aromatic N) is 4. The minimum atomic E-state index is -0.496. The Hall–Kier alpha value is -2.51. The van der Waals surface area contributed by atoms with Crippen LogP contribution in [0.2, 0.25) is 5.02 Å². The molecular formula is C17H14ClN5OS. The number of halogens is 1. The lowest BCUT2D eigenvalue weighted by Crippen LogP contribution is -2.38. The highest BCUT2D eigenvalue weighted by Crippen LogP contribution is 2.37. The smallest absolute Gasteiger partial charge is 0.248 e. The van der Waals surface area contributed by atoms with Crippen molar-refractivity contribution >= 4 is 46.2 Å². The van der Waals surface area contributed by atoms with Gasteiger partial charge in [0.15, 0.2) is 0 Å². The maximum atomic E-state index is 13.1. The molecule has 126 valence electrons. The molecule has 8 heteroatoms. The summed E-state index contributed by atoms with van der Waals surface area (Å²) in [5.41, 5.74) is 1.28. The second-order valence-electron chi connectivity index (χ2n) is 5.66. The number of benzene rings is 1. The molecule has 0 spiro atoms. The third kappa shape index (κ3) is 2.85. The number of aromatic nitrogens is 3. The summed E-state index contributed by atoms with van der Waals surface area (Å²) in [7, 11) is 0. The Labute approximate surface area is 153 Å². The lowest BCUT2D eigenvalue weighted by molar-refractivity contribution is -0.118. The molecule has 6 nitrogen and oxygen atoms in total. The molecule has 1 aliphatic heterocycles. The molecule has 2 aromatic heterocycles. The molecule has 3 heterocycles. The number of hydrogen-bond acceptors (Lipinski definition) is 5. The Morgan fingerprint density at radius 1 is 1.28 bits per heavy atom. The van der Waals surface area contributed by atoms with E-state index in [1.54, 1.807) is 28.2 Å². The van der Waals surface area contributed by atoms with Gasteiger partial charge in [-0.25, -0.2) is 9.67 Å². The van der Waals surface area contributed by atoms with Crippen molar-refractivity contribution < 1.29 is 4.79 Å². The first kappa shape index (κ1) is 16.0. The summed E-state index contributed by atoms with van der Waals surface area (Å²) in [4.78, 5) is 22.7. The first-order valence-electron chi connectivity index (χ1n) is 7.68. The average Bonchev–Trinajstić information content (AvgIpc) is 3.26. The third-order valence-electron chi connectivity index (χ3n) is 4.11. The summed E-state index contributed by atoms with van der Waals surface area (Å²) in [6.45, 7) is 1.84. The fraction of sp³-hybridized carbons (Fsp3) is 0.176. The van der Waals surface area contributed by atoms with Crippen molar-refractivity contribution in [2.75, 3.05) is 5.32 Å². The Bertz CT molecular complexity index is 950. The minimum Gasteiger partial charge on any atom is -0.324 e. The maximum absolute atomic E-state index is 13.1. The van der Waals surface area contributed by atoms with Gasteiger partial charge in [0, 0.05) is 10.6 Å². The van der Waals surface area contributed by atoms with Gasteiger partial charge >= 0.3 is 0 Å². The van der Waals surface area contributed by atoms with E-state index in [1.165, 1.54) is 6.33 Å². The standard InChI is InChI=1S/C17H14ClN5OS/c1-10-14(16(24)22-12-6-3-2-5-11(12)18)15(13-7-4-8-25-13)23-17(21-10)19-9-20-23/h2-9,14-15H,1H3,(H,22,24). The number of aliphatic imine (C=N–C) groups is 1. The van der Waals surface area contributed by atoms with Crippen LogP contribution in [0, 0.1) is 5.92 Å². The van der Waals surface area contributed by atoms with Crippen LogP contribution < -0.4 is 5.32 Å². The van der Waals surface area contributed by atoms with Crippen LogP contribution in [0.3, 0.4) is 0 Å². The van der Waals surface area contributed by atoms with Gasteiger partial charge in [0.1, 0.15) is 18.3 Å². The van der Waals surface area contributed by atoms with Crippen LogP contribution in [-0.2, 0) is 4.79 Å². The molecule has 0 fully saturated rings. The normalized spacial score (nSPS) is 19.2. The summed E-state index contributed by atoms with van der Waals surface area (Å²) in [6.07, 6.45) is 1.46. The highest BCUT2D eigenvalue weighted by molar-refractivity contribution is 7.10. The molecule has 2 unspecified atom stereocenters. The monoisotopic (exact) mass is 371 g/mol. The lowest BCUT2D eigenvalue weighted by atomic mass is 9.91. The van der Waals surface area contributed by atoms with Crippen molar-refractivity contribution in [3.63, 3.8) is 0 Å². The van der Waals surface area contributed by atoms with Gasteiger partial charge in [-0.05, 0) is 30.5 Å². The van der Waals surface area contributed by atoms with Crippen LogP contribution in [0.15, 0.2) is 53.1 Å². The third-order valence-corrected chi connectivity index (χ3v) is 5.38. The molecule has 25 heavy (non-hydrogen) atoms. The summed E-state index contributed by atoms with van der Waals surface area (Å²) in [6, 6.07) is 10.8. The Morgan fingerprint density at radius 2 is 2.12 bits per heavy atom. The number of carbonyl (C=O) groups excluding carboxylic acids is 1. The Kier molecular flexibility index (Phi) is 4.10. The van der Waals surface area contributed by atoms with Crippen LogP contribution in [0.1, 0.15) is 17.8 Å². The number of para-hydroxylation sites is 1. The predicted molar refractivity (Wildman–Crippen MR) is 98.8 cm³/mol. The molecule has 0 bridgehead atoms. The summed E-state index contributed by atoms with van der Waals surface area (Å²) in [5, 5.41) is 9.68. The van der Waals surface area contributed by atoms with Crippen molar-refractivity contribution in [3.8, 4) is 0 Å². The molecule has 1 aliphatic rings. The number of nitrogens with one attached hydrogen (secondary N) is 1. The molecule has 0 saturated carbocycles. The second kappa shape index (κ2) is 6.42. The minimum absolute atomic E-state index is 0.172. The van der Waals surface area contributed by atoms with Gasteiger partial charge in [-0.1, -0.05) is 29.8 Å². The number of anilines is 1. The summed E-state index contributed by atoms with van der Waals surface area (Å²) in [5.74, 6) is -0.157. The molecule has 0 aliphatic carbocycles. The SMILES string of the molecule is CC1=Nc2ncnn2C(c2cccs2)C1C(=O)Nc1ccccc1Cl. The van der Waals surface area contributed by atoms with Crippen LogP contribution in [-0.4, -0.2) is 26.4 Å². The molecule has 3 aromatic rings. The quantitative estimate of drug-likeness (QED) is 0.757. The lowest BCUT2D eigenvalue weighted by Gasteiger charge is -2.29. The first-order chi connectivity index (χ1) is 12.1. The van der Waals surface area contributed by atoms with E-state index in [0.717, 1.165) is 4.88 Å². The van der Waals surface area contributed by atoms with Gasteiger partial charge in [0.25, 0.3) is 0 Å².